The van der Waals surface area contributed by atoms with E-state index in [1.54, 1.807) is 0 Å². The monoisotopic (exact) mass is 308 g/mol. The average molecular weight is 309 g/mol. The van der Waals surface area contributed by atoms with Crippen LogP contribution in [-0.4, -0.2) is 14.5 Å². The first-order valence-corrected chi connectivity index (χ1v) is 7.80. The zero-order valence-electron chi connectivity index (χ0n) is 9.78. The second-order valence-corrected chi connectivity index (χ2v) is 6.95. The zero-order chi connectivity index (χ0) is 13.5. The highest BCUT2D eigenvalue weighted by Gasteiger charge is 2.37. The molecule has 1 saturated carbocycles. The van der Waals surface area contributed by atoms with Gasteiger partial charge in [0.25, 0.3) is 0 Å². The Bertz CT molecular complexity index is 575. The summed E-state index contributed by atoms with van der Waals surface area (Å²) in [5.74, 6) is 0.375. The van der Waals surface area contributed by atoms with Crippen LogP contribution in [0.15, 0.2) is 17.0 Å². The van der Waals surface area contributed by atoms with Crippen LogP contribution < -0.4 is 10.5 Å². The van der Waals surface area contributed by atoms with Crippen LogP contribution in [0.25, 0.3) is 0 Å². The standard InChI is InChI=1S/C11H14Cl2N2O2S/c1-6-4-9(6)15-18(16,17)10-3-2-8(12)7(5-14)11(10)13/h2-3,6,9,15H,4-5,14H2,1H3. The summed E-state index contributed by atoms with van der Waals surface area (Å²) in [4.78, 5) is 0.0353. The van der Waals surface area contributed by atoms with Gasteiger partial charge in [-0.2, -0.15) is 0 Å². The van der Waals surface area contributed by atoms with Crippen LogP contribution in [0.2, 0.25) is 10.0 Å². The molecule has 1 aliphatic carbocycles. The number of halogens is 2. The van der Waals surface area contributed by atoms with Crippen LogP contribution in [-0.2, 0) is 16.6 Å². The van der Waals surface area contributed by atoms with Crippen LogP contribution in [0.4, 0.5) is 0 Å². The van der Waals surface area contributed by atoms with E-state index in [1.807, 2.05) is 6.92 Å². The predicted octanol–water partition coefficient (Wildman–Crippen LogP) is 2.14. The molecule has 7 heteroatoms. The van der Waals surface area contributed by atoms with Crippen LogP contribution in [0, 0.1) is 5.92 Å². The van der Waals surface area contributed by atoms with Crippen LogP contribution in [0.1, 0.15) is 18.9 Å². The predicted molar refractivity (Wildman–Crippen MR) is 72.2 cm³/mol. The molecule has 0 bridgehead atoms. The molecule has 0 spiro atoms. The SMILES string of the molecule is CC1CC1NS(=O)(=O)c1ccc(Cl)c(CN)c1Cl. The summed E-state index contributed by atoms with van der Waals surface area (Å²) >= 11 is 12.0. The molecule has 18 heavy (non-hydrogen) atoms. The van der Waals surface area contributed by atoms with Gasteiger partial charge in [-0.15, -0.1) is 0 Å². The molecule has 1 fully saturated rings. The van der Waals surface area contributed by atoms with Gasteiger partial charge in [-0.25, -0.2) is 13.1 Å². The Morgan fingerprint density at radius 3 is 2.56 bits per heavy atom. The van der Waals surface area contributed by atoms with Gasteiger partial charge in [0.1, 0.15) is 4.90 Å². The van der Waals surface area contributed by atoms with Gasteiger partial charge in [-0.3, -0.25) is 0 Å². The molecule has 1 aromatic carbocycles. The van der Waals surface area contributed by atoms with E-state index in [0.717, 1.165) is 6.42 Å². The molecule has 2 unspecified atom stereocenters. The molecule has 0 radical (unpaired) electrons. The lowest BCUT2D eigenvalue weighted by Crippen LogP contribution is -2.27. The normalized spacial score (nSPS) is 23.1. The molecule has 3 N–H and O–H groups in total. The second kappa shape index (κ2) is 4.98. The Hall–Kier alpha value is -0.330. The first kappa shape index (κ1) is 14.1. The van der Waals surface area contributed by atoms with Gasteiger partial charge < -0.3 is 5.73 Å². The third-order valence-corrected chi connectivity index (χ3v) is 5.49. The average Bonchev–Trinajstić information content (AvgIpc) is 2.93. The molecule has 0 aromatic heterocycles. The van der Waals surface area contributed by atoms with Gasteiger partial charge in [-0.05, 0) is 24.5 Å². The summed E-state index contributed by atoms with van der Waals surface area (Å²) in [6, 6.07) is 2.91. The molecule has 2 atom stereocenters. The van der Waals surface area contributed by atoms with Gasteiger partial charge in [-0.1, -0.05) is 30.1 Å². The molecule has 2 rings (SSSR count). The van der Waals surface area contributed by atoms with Crippen molar-refractivity contribution in [2.24, 2.45) is 11.7 Å². The molecular formula is C11H14Cl2N2O2S. The Morgan fingerprint density at radius 2 is 2.06 bits per heavy atom. The van der Waals surface area contributed by atoms with E-state index < -0.39 is 10.0 Å². The highest BCUT2D eigenvalue weighted by Crippen LogP contribution is 2.34. The molecule has 100 valence electrons. The van der Waals surface area contributed by atoms with E-state index >= 15 is 0 Å². The number of benzene rings is 1. The van der Waals surface area contributed by atoms with E-state index in [2.05, 4.69) is 4.72 Å². The van der Waals surface area contributed by atoms with Crippen molar-refractivity contribution in [1.82, 2.24) is 4.72 Å². The molecule has 4 nitrogen and oxygen atoms in total. The quantitative estimate of drug-likeness (QED) is 0.895. The molecule has 1 aromatic rings. The third-order valence-electron chi connectivity index (χ3n) is 3.06. The summed E-state index contributed by atoms with van der Waals surface area (Å²) in [6.45, 7) is 2.09. The fourth-order valence-electron chi connectivity index (χ4n) is 1.72. The Morgan fingerprint density at radius 1 is 1.44 bits per heavy atom. The van der Waals surface area contributed by atoms with Crippen LogP contribution >= 0.6 is 23.2 Å². The second-order valence-electron chi connectivity index (χ2n) is 4.48. The maximum Gasteiger partial charge on any atom is 0.242 e. The summed E-state index contributed by atoms with van der Waals surface area (Å²) in [5, 5.41) is 0.479. The van der Waals surface area contributed by atoms with Crippen molar-refractivity contribution in [2.75, 3.05) is 0 Å². The van der Waals surface area contributed by atoms with Gasteiger partial charge in [0.15, 0.2) is 0 Å². The summed E-state index contributed by atoms with van der Waals surface area (Å²) in [5.41, 5.74) is 5.96. The van der Waals surface area contributed by atoms with Crippen LogP contribution in [0.3, 0.4) is 0 Å². The lowest BCUT2D eigenvalue weighted by atomic mass is 10.2. The number of rotatable bonds is 4. The molecule has 0 amide bonds. The maximum absolute atomic E-state index is 12.1. The van der Waals surface area contributed by atoms with Gasteiger partial charge in [0, 0.05) is 23.2 Å². The largest absolute Gasteiger partial charge is 0.326 e. The molecule has 0 aliphatic heterocycles. The minimum absolute atomic E-state index is 0.00284. The molecular weight excluding hydrogens is 295 g/mol. The fraction of sp³-hybridized carbons (Fsp3) is 0.455. The van der Waals surface area contributed by atoms with Crippen molar-refractivity contribution in [3.63, 3.8) is 0 Å². The van der Waals surface area contributed by atoms with Crippen LogP contribution in [0.5, 0.6) is 0 Å². The van der Waals surface area contributed by atoms with Gasteiger partial charge in [0.05, 0.1) is 5.02 Å². The number of nitrogens with one attached hydrogen (secondary N) is 1. The smallest absolute Gasteiger partial charge is 0.242 e. The van der Waals surface area contributed by atoms with Gasteiger partial charge in [0.2, 0.25) is 10.0 Å². The van der Waals surface area contributed by atoms with E-state index in [9.17, 15) is 8.42 Å². The van der Waals surface area contributed by atoms with E-state index in [1.165, 1.54) is 12.1 Å². The van der Waals surface area contributed by atoms with Crippen molar-refractivity contribution >= 4 is 33.2 Å². The number of hydrogen-bond acceptors (Lipinski definition) is 3. The Balaban J connectivity index is 2.38. The third kappa shape index (κ3) is 2.65. The highest BCUT2D eigenvalue weighted by atomic mass is 35.5. The summed E-state index contributed by atoms with van der Waals surface area (Å²) in [7, 11) is -3.61. The number of sulfonamides is 1. The number of nitrogens with two attached hydrogens (primary N) is 1. The van der Waals surface area contributed by atoms with E-state index in [0.29, 0.717) is 16.5 Å². The lowest BCUT2D eigenvalue weighted by Gasteiger charge is -2.11. The molecule has 1 aliphatic rings. The molecule has 0 heterocycles. The van der Waals surface area contributed by atoms with Crippen molar-refractivity contribution in [3.8, 4) is 0 Å². The maximum atomic E-state index is 12.1. The first-order chi connectivity index (χ1) is 8.36. The van der Waals surface area contributed by atoms with Crippen molar-refractivity contribution in [2.45, 2.75) is 30.8 Å². The fourth-order valence-corrected chi connectivity index (χ4v) is 4.01. The summed E-state index contributed by atoms with van der Waals surface area (Å²) < 4.78 is 26.9. The first-order valence-electron chi connectivity index (χ1n) is 5.56. The minimum Gasteiger partial charge on any atom is -0.326 e. The highest BCUT2D eigenvalue weighted by molar-refractivity contribution is 7.89. The van der Waals surface area contributed by atoms with E-state index in [4.69, 9.17) is 28.9 Å². The topological polar surface area (TPSA) is 72.2 Å². The lowest BCUT2D eigenvalue weighted by molar-refractivity contribution is 0.578. The van der Waals surface area contributed by atoms with Crippen molar-refractivity contribution < 1.29 is 8.42 Å². The minimum atomic E-state index is -3.61. The Labute approximate surface area is 117 Å². The summed E-state index contributed by atoms with van der Waals surface area (Å²) in [6.07, 6.45) is 0.855. The number of hydrogen-bond donors (Lipinski definition) is 2. The Kier molecular flexibility index (Phi) is 3.90. The van der Waals surface area contributed by atoms with Crippen molar-refractivity contribution in [3.05, 3.63) is 27.7 Å². The van der Waals surface area contributed by atoms with Crippen molar-refractivity contribution in [1.29, 1.82) is 0 Å². The van der Waals surface area contributed by atoms with E-state index in [-0.39, 0.29) is 22.5 Å². The zero-order valence-corrected chi connectivity index (χ0v) is 12.1. The molecule has 0 saturated heterocycles. The van der Waals surface area contributed by atoms with Gasteiger partial charge >= 0.3 is 0 Å².